The predicted octanol–water partition coefficient (Wildman–Crippen LogP) is 3.62. The summed E-state index contributed by atoms with van der Waals surface area (Å²) in [5, 5.41) is 0. The molecule has 4 aliphatic heterocycles. The number of rotatable bonds is 2. The van der Waals surface area contributed by atoms with E-state index in [2.05, 4.69) is 19.1 Å². The van der Waals surface area contributed by atoms with Crippen molar-refractivity contribution in [3.63, 3.8) is 0 Å². The van der Waals surface area contributed by atoms with Crippen LogP contribution in [0.25, 0.3) is 0 Å². The van der Waals surface area contributed by atoms with Crippen molar-refractivity contribution in [3.05, 3.63) is 35.9 Å². The summed E-state index contributed by atoms with van der Waals surface area (Å²) in [6, 6.07) is 10.2. The van der Waals surface area contributed by atoms with E-state index >= 15 is 0 Å². The predicted molar refractivity (Wildman–Crippen MR) is 92.5 cm³/mol. The fraction of sp³-hybridized carbons (Fsp3) is 0.667. The highest BCUT2D eigenvalue weighted by molar-refractivity contribution is 5.75. The Labute approximate surface area is 153 Å². The molecule has 5 fully saturated rings. The first-order valence-electron chi connectivity index (χ1n) is 9.81. The van der Waals surface area contributed by atoms with E-state index in [1.807, 2.05) is 25.1 Å². The molecule has 4 saturated heterocycles. The largest absolute Gasteiger partial charge is 0.432 e. The van der Waals surface area contributed by atoms with Gasteiger partial charge in [0, 0.05) is 18.3 Å². The van der Waals surface area contributed by atoms with E-state index in [1.54, 1.807) is 0 Å². The summed E-state index contributed by atoms with van der Waals surface area (Å²) in [6.07, 6.45) is 3.77. The molecule has 2 bridgehead atoms. The van der Waals surface area contributed by atoms with Crippen molar-refractivity contribution in [3.8, 4) is 0 Å². The second-order valence-corrected chi connectivity index (χ2v) is 8.64. The van der Waals surface area contributed by atoms with Gasteiger partial charge in [-0.25, -0.2) is 9.78 Å². The van der Waals surface area contributed by atoms with Gasteiger partial charge in [0.05, 0.1) is 5.92 Å². The molecular formula is C21H26O5. The van der Waals surface area contributed by atoms with E-state index in [0.29, 0.717) is 12.3 Å². The Morgan fingerprint density at radius 1 is 1.08 bits per heavy atom. The molecule has 0 N–H and O–H groups in total. The van der Waals surface area contributed by atoms with Crippen molar-refractivity contribution in [1.29, 1.82) is 0 Å². The minimum absolute atomic E-state index is 0.0535. The first-order valence-corrected chi connectivity index (χ1v) is 9.81. The van der Waals surface area contributed by atoms with E-state index in [4.69, 9.17) is 19.2 Å². The van der Waals surface area contributed by atoms with Gasteiger partial charge in [-0.1, -0.05) is 37.3 Å². The minimum Gasteiger partial charge on any atom is -0.432 e. The first kappa shape index (κ1) is 16.7. The van der Waals surface area contributed by atoms with Gasteiger partial charge in [-0.2, -0.15) is 0 Å². The Bertz CT molecular complexity index is 706. The van der Waals surface area contributed by atoms with Gasteiger partial charge >= 0.3 is 5.97 Å². The van der Waals surface area contributed by atoms with Gasteiger partial charge < -0.3 is 9.47 Å². The van der Waals surface area contributed by atoms with Crippen LogP contribution in [0.5, 0.6) is 0 Å². The Morgan fingerprint density at radius 2 is 1.88 bits per heavy atom. The molecule has 5 nitrogen and oxygen atoms in total. The summed E-state index contributed by atoms with van der Waals surface area (Å²) >= 11 is 0. The number of carbonyl (C=O) groups is 1. The normalized spacial score (nSPS) is 47.0. The van der Waals surface area contributed by atoms with Crippen LogP contribution in [0.3, 0.4) is 0 Å². The van der Waals surface area contributed by atoms with Crippen LogP contribution < -0.4 is 0 Å². The average molecular weight is 358 g/mol. The van der Waals surface area contributed by atoms with Gasteiger partial charge in [-0.3, -0.25) is 4.79 Å². The Kier molecular flexibility index (Phi) is 3.72. The highest BCUT2D eigenvalue weighted by Gasteiger charge is 2.70. The maximum Gasteiger partial charge on any atom is 0.312 e. The van der Waals surface area contributed by atoms with Crippen LogP contribution in [0.4, 0.5) is 0 Å². The molecule has 5 aliphatic rings. The lowest BCUT2D eigenvalue weighted by atomic mass is 9.57. The monoisotopic (exact) mass is 358 g/mol. The lowest BCUT2D eigenvalue weighted by Gasteiger charge is -2.58. The summed E-state index contributed by atoms with van der Waals surface area (Å²) in [5.41, 5.74) is 0.469. The standard InChI is InChI=1S/C21H26O5/c1-13-8-9-17-15(12-14-6-4-3-5-7-14)18(22)23-19-21(17)16(13)10-11-20(2,24-19)25-26-21/h3-7,13,15-17,19H,8-12H2,1-2H3/t13?,15-,16?,17?,19?,20?,21?/m0/s1. The van der Waals surface area contributed by atoms with Crippen LogP contribution in [-0.4, -0.2) is 23.6 Å². The van der Waals surface area contributed by atoms with Gasteiger partial charge in [0.25, 0.3) is 0 Å². The smallest absolute Gasteiger partial charge is 0.312 e. The van der Waals surface area contributed by atoms with Crippen LogP contribution in [-0.2, 0) is 30.5 Å². The SMILES string of the molecule is CC1CCC2[C@H](Cc3ccccc3)C(=O)OC3OC4(C)CCC1C32OO4. The molecule has 1 spiro atoms. The second kappa shape index (κ2) is 5.78. The van der Waals surface area contributed by atoms with Crippen LogP contribution in [0.1, 0.15) is 45.1 Å². The Morgan fingerprint density at radius 3 is 2.69 bits per heavy atom. The molecule has 140 valence electrons. The van der Waals surface area contributed by atoms with Crippen molar-refractivity contribution in [2.24, 2.45) is 23.7 Å². The van der Waals surface area contributed by atoms with E-state index in [-0.39, 0.29) is 23.7 Å². The molecule has 1 aromatic carbocycles. The zero-order valence-electron chi connectivity index (χ0n) is 15.4. The van der Waals surface area contributed by atoms with Crippen LogP contribution in [0.2, 0.25) is 0 Å². The number of benzene rings is 1. The third-order valence-electron chi connectivity index (χ3n) is 7.09. The zero-order chi connectivity index (χ0) is 17.9. The maximum atomic E-state index is 12.9. The molecule has 0 radical (unpaired) electrons. The molecule has 26 heavy (non-hydrogen) atoms. The van der Waals surface area contributed by atoms with Crippen molar-refractivity contribution in [2.75, 3.05) is 0 Å². The lowest BCUT2D eigenvalue weighted by molar-refractivity contribution is -0.559. The van der Waals surface area contributed by atoms with Crippen molar-refractivity contribution >= 4 is 5.97 Å². The van der Waals surface area contributed by atoms with Crippen molar-refractivity contribution in [1.82, 2.24) is 0 Å². The van der Waals surface area contributed by atoms with E-state index in [0.717, 1.165) is 31.2 Å². The first-order chi connectivity index (χ1) is 12.5. The average Bonchev–Trinajstić information content (AvgIpc) is 2.86. The van der Waals surface area contributed by atoms with Gasteiger partial charge in [-0.15, -0.1) is 0 Å². The highest BCUT2D eigenvalue weighted by atomic mass is 17.3. The lowest BCUT2D eigenvalue weighted by Crippen LogP contribution is -2.70. The Hall–Kier alpha value is -1.43. The third kappa shape index (κ3) is 2.30. The molecule has 7 atom stereocenters. The quantitative estimate of drug-likeness (QED) is 0.597. The second-order valence-electron chi connectivity index (χ2n) is 8.64. The van der Waals surface area contributed by atoms with Crippen molar-refractivity contribution in [2.45, 2.75) is 63.6 Å². The zero-order valence-corrected chi connectivity index (χ0v) is 15.4. The summed E-state index contributed by atoms with van der Waals surface area (Å²) < 4.78 is 12.0. The fourth-order valence-electron chi connectivity index (χ4n) is 5.71. The van der Waals surface area contributed by atoms with E-state index < -0.39 is 17.7 Å². The van der Waals surface area contributed by atoms with Gasteiger partial charge in [0.15, 0.2) is 5.60 Å². The summed E-state index contributed by atoms with van der Waals surface area (Å²) in [7, 11) is 0. The maximum absolute atomic E-state index is 12.9. The number of carbonyl (C=O) groups excluding carboxylic acids is 1. The number of hydrogen-bond donors (Lipinski definition) is 0. The molecule has 1 aliphatic carbocycles. The summed E-state index contributed by atoms with van der Waals surface area (Å²) in [6.45, 7) is 4.15. The van der Waals surface area contributed by atoms with Crippen LogP contribution >= 0.6 is 0 Å². The van der Waals surface area contributed by atoms with Gasteiger partial charge in [0.2, 0.25) is 12.1 Å². The number of hydrogen-bond acceptors (Lipinski definition) is 5. The minimum atomic E-state index is -0.829. The summed E-state index contributed by atoms with van der Waals surface area (Å²) in [5.74, 6) is -0.388. The molecule has 0 aromatic heterocycles. The number of ether oxygens (including phenoxy) is 2. The fourth-order valence-corrected chi connectivity index (χ4v) is 5.71. The van der Waals surface area contributed by atoms with E-state index in [1.165, 1.54) is 0 Å². The summed E-state index contributed by atoms with van der Waals surface area (Å²) in [4.78, 5) is 24.8. The van der Waals surface area contributed by atoms with Crippen LogP contribution in [0, 0.1) is 23.7 Å². The van der Waals surface area contributed by atoms with Crippen LogP contribution in [0.15, 0.2) is 30.3 Å². The molecule has 1 aromatic rings. The van der Waals surface area contributed by atoms with E-state index in [9.17, 15) is 4.79 Å². The molecule has 0 amide bonds. The third-order valence-corrected chi connectivity index (χ3v) is 7.09. The number of esters is 1. The molecule has 6 unspecified atom stereocenters. The highest BCUT2D eigenvalue weighted by Crippen LogP contribution is 2.60. The number of fused-ring (bicyclic) bond motifs is 2. The van der Waals surface area contributed by atoms with Gasteiger partial charge in [0.1, 0.15) is 0 Å². The topological polar surface area (TPSA) is 54.0 Å². The molecule has 5 heteroatoms. The molecular weight excluding hydrogens is 332 g/mol. The van der Waals surface area contributed by atoms with Crippen molar-refractivity contribution < 1.29 is 24.0 Å². The van der Waals surface area contributed by atoms with Gasteiger partial charge in [-0.05, 0) is 44.1 Å². The molecule has 4 heterocycles. The Balaban J connectivity index is 1.55. The molecule has 1 saturated carbocycles. The molecule has 6 rings (SSSR count).